The van der Waals surface area contributed by atoms with Gasteiger partial charge in [-0.3, -0.25) is 4.90 Å². The van der Waals surface area contributed by atoms with E-state index in [0.717, 1.165) is 24.6 Å². The first kappa shape index (κ1) is 27.6. The highest BCUT2D eigenvalue weighted by atomic mass is 127. The molecule has 2 rings (SSSR count). The van der Waals surface area contributed by atoms with Gasteiger partial charge in [0.15, 0.2) is 17.5 Å². The zero-order valence-corrected chi connectivity index (χ0v) is 22.4. The predicted molar refractivity (Wildman–Crippen MR) is 138 cm³/mol. The van der Waals surface area contributed by atoms with E-state index in [1.807, 2.05) is 19.1 Å². The second-order valence-electron chi connectivity index (χ2n) is 8.17. The molecular weight excluding hydrogens is 507 g/mol. The lowest BCUT2D eigenvalue weighted by molar-refractivity contribution is 0.0982. The largest absolute Gasteiger partial charge is 0.493 e. The molecule has 1 aromatic carbocycles. The van der Waals surface area contributed by atoms with Crippen LogP contribution in [0.4, 0.5) is 0 Å². The Kier molecular flexibility index (Phi) is 12.4. The summed E-state index contributed by atoms with van der Waals surface area (Å²) in [6.07, 6.45) is 3.93. The van der Waals surface area contributed by atoms with Gasteiger partial charge in [0.25, 0.3) is 0 Å². The molecule has 1 aliphatic heterocycles. The molecule has 0 aliphatic carbocycles. The lowest BCUT2D eigenvalue weighted by atomic mass is 9.98. The molecule has 2 N–H and O–H groups in total. The van der Waals surface area contributed by atoms with Crippen molar-refractivity contribution in [1.82, 2.24) is 15.5 Å². The quantitative estimate of drug-likeness (QED) is 0.262. The molecule has 1 aliphatic rings. The van der Waals surface area contributed by atoms with E-state index in [-0.39, 0.29) is 29.5 Å². The fourth-order valence-electron chi connectivity index (χ4n) is 3.74. The van der Waals surface area contributed by atoms with Gasteiger partial charge in [-0.25, -0.2) is 4.99 Å². The lowest BCUT2D eigenvalue weighted by Gasteiger charge is -2.41. The summed E-state index contributed by atoms with van der Waals surface area (Å²) in [6, 6.07) is 3.91. The Morgan fingerprint density at radius 3 is 2.16 bits per heavy atom. The number of likely N-dealkylation sites (tertiary alicyclic amines) is 1. The van der Waals surface area contributed by atoms with Gasteiger partial charge in [-0.15, -0.1) is 24.0 Å². The number of halogens is 1. The molecular formula is C23H41IN4O3. The molecule has 0 aromatic heterocycles. The van der Waals surface area contributed by atoms with Crippen molar-refractivity contribution in [3.05, 3.63) is 17.7 Å². The van der Waals surface area contributed by atoms with E-state index in [2.05, 4.69) is 36.3 Å². The number of nitrogens with one attached hydrogen (secondary N) is 2. The number of aliphatic imine (C=N–C) groups is 1. The van der Waals surface area contributed by atoms with Gasteiger partial charge in [-0.05, 0) is 71.3 Å². The second kappa shape index (κ2) is 13.9. The van der Waals surface area contributed by atoms with Gasteiger partial charge < -0.3 is 24.8 Å². The maximum atomic E-state index is 5.69. The summed E-state index contributed by atoms with van der Waals surface area (Å²) >= 11 is 0. The number of piperidine rings is 1. The topological polar surface area (TPSA) is 67.4 Å². The van der Waals surface area contributed by atoms with Crippen LogP contribution in [0.25, 0.3) is 0 Å². The number of rotatable bonds is 10. The van der Waals surface area contributed by atoms with Crippen LogP contribution >= 0.6 is 24.0 Å². The maximum absolute atomic E-state index is 5.69. The molecule has 7 nitrogen and oxygen atoms in total. The number of nitrogens with zero attached hydrogens (tertiary/aromatic N) is 2. The van der Waals surface area contributed by atoms with E-state index in [9.17, 15) is 0 Å². The number of guanidine groups is 1. The van der Waals surface area contributed by atoms with Gasteiger partial charge in [0.2, 0.25) is 5.75 Å². The Balaban J connectivity index is 0.00000480. The highest BCUT2D eigenvalue weighted by Gasteiger charge is 2.27. The Labute approximate surface area is 205 Å². The highest BCUT2D eigenvalue weighted by Crippen LogP contribution is 2.38. The first-order chi connectivity index (χ1) is 14.4. The maximum Gasteiger partial charge on any atom is 0.203 e. The third kappa shape index (κ3) is 8.21. The van der Waals surface area contributed by atoms with Crippen LogP contribution in [0.3, 0.4) is 0 Å². The smallest absolute Gasteiger partial charge is 0.203 e. The molecule has 0 unspecified atom stereocenters. The third-order valence-corrected chi connectivity index (χ3v) is 5.47. The Hall–Kier alpha value is -1.42. The normalized spacial score (nSPS) is 15.1. The predicted octanol–water partition coefficient (Wildman–Crippen LogP) is 4.04. The van der Waals surface area contributed by atoms with E-state index < -0.39 is 0 Å². The van der Waals surface area contributed by atoms with Crippen molar-refractivity contribution in [3.63, 3.8) is 0 Å². The van der Waals surface area contributed by atoms with Crippen molar-refractivity contribution in [1.29, 1.82) is 0 Å². The van der Waals surface area contributed by atoms with Gasteiger partial charge in [0.1, 0.15) is 0 Å². The Morgan fingerprint density at radius 1 is 1.03 bits per heavy atom. The minimum Gasteiger partial charge on any atom is -0.493 e. The molecule has 0 amide bonds. The van der Waals surface area contributed by atoms with Crippen molar-refractivity contribution in [2.45, 2.75) is 59.0 Å². The van der Waals surface area contributed by atoms with Crippen LogP contribution in [0.2, 0.25) is 0 Å². The second-order valence-corrected chi connectivity index (χ2v) is 8.17. The zero-order chi connectivity index (χ0) is 22.0. The molecule has 1 saturated heterocycles. The Morgan fingerprint density at radius 2 is 1.65 bits per heavy atom. The van der Waals surface area contributed by atoms with Crippen molar-refractivity contribution < 1.29 is 14.2 Å². The number of ether oxygens (including phenoxy) is 3. The van der Waals surface area contributed by atoms with Crippen molar-refractivity contribution in [2.75, 3.05) is 47.0 Å². The van der Waals surface area contributed by atoms with Crippen molar-refractivity contribution >= 4 is 29.9 Å². The molecule has 1 heterocycles. The first-order valence-electron chi connectivity index (χ1n) is 11.1. The molecule has 1 fully saturated rings. The van der Waals surface area contributed by atoms with Crippen LogP contribution in [-0.4, -0.2) is 63.4 Å². The van der Waals surface area contributed by atoms with Crippen LogP contribution < -0.4 is 24.8 Å². The number of hydrogen-bond donors (Lipinski definition) is 2. The van der Waals surface area contributed by atoms with Crippen molar-refractivity contribution in [2.24, 2.45) is 4.99 Å². The van der Waals surface area contributed by atoms with Gasteiger partial charge >= 0.3 is 0 Å². The van der Waals surface area contributed by atoms with Crippen LogP contribution in [0, 0.1) is 0 Å². The fraction of sp³-hybridized carbons (Fsp3) is 0.696. The van der Waals surface area contributed by atoms with Crippen LogP contribution in [0.1, 0.15) is 52.5 Å². The van der Waals surface area contributed by atoms with Gasteiger partial charge in [0.05, 0.1) is 27.4 Å². The van der Waals surface area contributed by atoms with Crippen LogP contribution in [0.5, 0.6) is 17.2 Å². The van der Waals surface area contributed by atoms with E-state index >= 15 is 0 Å². The SMILES string of the molecule is CCNC(=NCc1cc(OC)c(OCC)c(OC)c1)NCC(C)(C)N1CCCCC1.I. The van der Waals surface area contributed by atoms with E-state index in [4.69, 9.17) is 19.2 Å². The standard InChI is InChI=1S/C23H40N4O3.HI/c1-7-24-22(26-17-23(3,4)27-12-10-9-11-13-27)25-16-18-14-19(28-5)21(30-8-2)20(15-18)29-6;/h14-15H,7-13,16-17H2,1-6H3,(H2,24,25,26);1H. The van der Waals surface area contributed by atoms with E-state index in [0.29, 0.717) is 30.4 Å². The fourth-order valence-corrected chi connectivity index (χ4v) is 3.74. The van der Waals surface area contributed by atoms with Gasteiger partial charge in [0, 0.05) is 18.6 Å². The molecule has 0 spiro atoms. The minimum atomic E-state index is 0. The molecule has 1 aromatic rings. The summed E-state index contributed by atoms with van der Waals surface area (Å²) in [5, 5.41) is 6.88. The summed E-state index contributed by atoms with van der Waals surface area (Å²) < 4.78 is 16.7. The lowest BCUT2D eigenvalue weighted by Crippen LogP contribution is -2.54. The monoisotopic (exact) mass is 548 g/mol. The number of benzene rings is 1. The summed E-state index contributed by atoms with van der Waals surface area (Å²) in [5.74, 6) is 2.76. The molecule has 0 atom stereocenters. The Bertz CT molecular complexity index is 666. The minimum absolute atomic E-state index is 0. The van der Waals surface area contributed by atoms with Crippen LogP contribution in [-0.2, 0) is 6.54 Å². The van der Waals surface area contributed by atoms with Crippen LogP contribution in [0.15, 0.2) is 17.1 Å². The molecule has 0 saturated carbocycles. The van der Waals surface area contributed by atoms with Crippen molar-refractivity contribution in [3.8, 4) is 17.2 Å². The summed E-state index contributed by atoms with van der Waals surface area (Å²) in [5.41, 5.74) is 1.09. The van der Waals surface area contributed by atoms with Gasteiger partial charge in [-0.1, -0.05) is 6.42 Å². The molecule has 0 radical (unpaired) electrons. The average molecular weight is 549 g/mol. The summed E-state index contributed by atoms with van der Waals surface area (Å²) in [7, 11) is 3.28. The van der Waals surface area contributed by atoms with Gasteiger partial charge in [-0.2, -0.15) is 0 Å². The van der Waals surface area contributed by atoms with E-state index in [1.165, 1.54) is 32.4 Å². The molecule has 8 heteroatoms. The third-order valence-electron chi connectivity index (χ3n) is 5.47. The summed E-state index contributed by atoms with van der Waals surface area (Å²) in [6.45, 7) is 13.7. The number of methoxy groups -OCH3 is 2. The average Bonchev–Trinajstić information content (AvgIpc) is 2.76. The molecule has 31 heavy (non-hydrogen) atoms. The summed E-state index contributed by atoms with van der Waals surface area (Å²) in [4.78, 5) is 7.36. The zero-order valence-electron chi connectivity index (χ0n) is 20.0. The highest BCUT2D eigenvalue weighted by molar-refractivity contribution is 14.0. The van der Waals surface area contributed by atoms with E-state index in [1.54, 1.807) is 14.2 Å². The number of hydrogen-bond acceptors (Lipinski definition) is 5. The molecule has 0 bridgehead atoms. The molecule has 178 valence electrons. The first-order valence-corrected chi connectivity index (χ1v) is 11.1.